The third kappa shape index (κ3) is 5.15. The first kappa shape index (κ1) is 19.5. The molecule has 0 radical (unpaired) electrons. The van der Waals surface area contributed by atoms with Crippen LogP contribution in [0.15, 0.2) is 42.5 Å². The Bertz CT molecular complexity index is 687. The summed E-state index contributed by atoms with van der Waals surface area (Å²) in [7, 11) is 4.87. The number of nitrogens with zero attached hydrogens (tertiary/aromatic N) is 1. The summed E-state index contributed by atoms with van der Waals surface area (Å²) in [5.41, 5.74) is 2.39. The van der Waals surface area contributed by atoms with Gasteiger partial charge in [-0.25, -0.2) is 0 Å². The largest absolute Gasteiger partial charge is 0.493 e. The highest BCUT2D eigenvalue weighted by atomic mass is 16.5. The van der Waals surface area contributed by atoms with Crippen LogP contribution in [-0.4, -0.2) is 45.4 Å². The highest BCUT2D eigenvalue weighted by molar-refractivity contribution is 5.53. The van der Waals surface area contributed by atoms with Crippen LogP contribution in [0.1, 0.15) is 24.0 Å². The van der Waals surface area contributed by atoms with Gasteiger partial charge in [0.25, 0.3) is 0 Å². The van der Waals surface area contributed by atoms with E-state index in [0.717, 1.165) is 38.0 Å². The lowest BCUT2D eigenvalue weighted by Gasteiger charge is -2.32. The highest BCUT2D eigenvalue weighted by Crippen LogP contribution is 2.38. The Morgan fingerprint density at radius 1 is 0.852 bits per heavy atom. The average molecular weight is 371 g/mol. The molecule has 2 aromatic carbocycles. The molecule has 0 atom stereocenters. The van der Waals surface area contributed by atoms with Crippen LogP contribution in [0.5, 0.6) is 17.2 Å². The molecule has 27 heavy (non-hydrogen) atoms. The molecule has 0 saturated carbocycles. The van der Waals surface area contributed by atoms with Crippen LogP contribution in [-0.2, 0) is 17.9 Å². The number of hydrogen-bond acceptors (Lipinski definition) is 5. The molecule has 0 amide bonds. The van der Waals surface area contributed by atoms with Crippen molar-refractivity contribution in [3.8, 4) is 17.2 Å². The lowest BCUT2D eigenvalue weighted by atomic mass is 10.1. The van der Waals surface area contributed by atoms with Crippen molar-refractivity contribution >= 4 is 0 Å². The van der Waals surface area contributed by atoms with Crippen LogP contribution in [0.25, 0.3) is 0 Å². The minimum Gasteiger partial charge on any atom is -0.493 e. The molecular weight excluding hydrogens is 342 g/mol. The van der Waals surface area contributed by atoms with Gasteiger partial charge in [-0.05, 0) is 36.1 Å². The molecule has 1 heterocycles. The van der Waals surface area contributed by atoms with Crippen molar-refractivity contribution in [2.75, 3.05) is 34.4 Å². The molecule has 0 N–H and O–H groups in total. The predicted octanol–water partition coefficient (Wildman–Crippen LogP) is 3.89. The Balaban J connectivity index is 1.51. The van der Waals surface area contributed by atoms with E-state index < -0.39 is 0 Å². The number of hydrogen-bond donors (Lipinski definition) is 0. The van der Waals surface area contributed by atoms with Gasteiger partial charge >= 0.3 is 0 Å². The zero-order chi connectivity index (χ0) is 19.1. The third-order valence-electron chi connectivity index (χ3n) is 4.99. The van der Waals surface area contributed by atoms with Crippen LogP contribution in [0, 0.1) is 0 Å². The first-order valence-corrected chi connectivity index (χ1v) is 9.40. The van der Waals surface area contributed by atoms with Crippen molar-refractivity contribution < 1.29 is 18.9 Å². The molecular formula is C22H29NO4. The molecule has 146 valence electrons. The Morgan fingerprint density at radius 3 is 2.04 bits per heavy atom. The van der Waals surface area contributed by atoms with E-state index in [0.29, 0.717) is 23.9 Å². The smallest absolute Gasteiger partial charge is 0.203 e. The van der Waals surface area contributed by atoms with Crippen LogP contribution >= 0.6 is 0 Å². The number of benzene rings is 2. The zero-order valence-electron chi connectivity index (χ0n) is 16.4. The van der Waals surface area contributed by atoms with Gasteiger partial charge in [0.2, 0.25) is 5.75 Å². The van der Waals surface area contributed by atoms with Gasteiger partial charge in [0.05, 0.1) is 34.0 Å². The molecule has 3 rings (SSSR count). The number of rotatable bonds is 8. The van der Waals surface area contributed by atoms with Gasteiger partial charge in [-0.15, -0.1) is 0 Å². The van der Waals surface area contributed by atoms with Crippen molar-refractivity contribution in [1.82, 2.24) is 4.90 Å². The summed E-state index contributed by atoms with van der Waals surface area (Å²) in [5, 5.41) is 0. The minimum absolute atomic E-state index is 0.288. The second kappa shape index (κ2) is 9.62. The molecule has 5 nitrogen and oxygen atoms in total. The summed E-state index contributed by atoms with van der Waals surface area (Å²) in [5.74, 6) is 1.93. The normalized spacial score (nSPS) is 15.5. The van der Waals surface area contributed by atoms with Crippen molar-refractivity contribution in [2.45, 2.75) is 32.1 Å². The number of ether oxygens (including phenoxy) is 4. The van der Waals surface area contributed by atoms with E-state index in [1.807, 2.05) is 12.1 Å². The van der Waals surface area contributed by atoms with Gasteiger partial charge in [-0.3, -0.25) is 4.90 Å². The molecule has 2 aromatic rings. The average Bonchev–Trinajstić information content (AvgIpc) is 2.73. The molecule has 1 aliphatic heterocycles. The fraction of sp³-hybridized carbons (Fsp3) is 0.455. The quantitative estimate of drug-likeness (QED) is 0.704. The standard InChI is InChI=1S/C22H29NO4/c1-24-20-13-18(14-21(25-2)22(20)26-3)16-27-19-9-11-23(12-10-19)15-17-7-5-4-6-8-17/h4-8,13-14,19H,9-12,15-16H2,1-3H3. The van der Waals surface area contributed by atoms with Gasteiger partial charge in [-0.2, -0.15) is 0 Å². The van der Waals surface area contributed by atoms with Gasteiger partial charge in [0, 0.05) is 19.6 Å². The van der Waals surface area contributed by atoms with E-state index in [1.54, 1.807) is 21.3 Å². The van der Waals surface area contributed by atoms with E-state index in [-0.39, 0.29) is 6.10 Å². The SMILES string of the molecule is COc1cc(COC2CCN(Cc3ccccc3)CC2)cc(OC)c1OC. The summed E-state index contributed by atoms with van der Waals surface area (Å²) in [4.78, 5) is 2.49. The lowest BCUT2D eigenvalue weighted by molar-refractivity contribution is -0.00406. The second-order valence-electron chi connectivity index (χ2n) is 6.81. The van der Waals surface area contributed by atoms with Crippen molar-refractivity contribution in [3.63, 3.8) is 0 Å². The maximum atomic E-state index is 6.16. The van der Waals surface area contributed by atoms with Gasteiger partial charge in [0.15, 0.2) is 11.5 Å². The van der Waals surface area contributed by atoms with E-state index in [2.05, 4.69) is 35.2 Å². The molecule has 0 unspecified atom stereocenters. The van der Waals surface area contributed by atoms with Crippen molar-refractivity contribution in [2.24, 2.45) is 0 Å². The summed E-state index contributed by atoms with van der Waals surface area (Å²) in [6.07, 6.45) is 2.39. The van der Waals surface area contributed by atoms with Crippen molar-refractivity contribution in [3.05, 3.63) is 53.6 Å². The molecule has 0 spiro atoms. The predicted molar refractivity (Wildman–Crippen MR) is 106 cm³/mol. The summed E-state index contributed by atoms with van der Waals surface area (Å²) in [6, 6.07) is 14.5. The number of methoxy groups -OCH3 is 3. The Labute approximate surface area is 161 Å². The number of piperidine rings is 1. The summed E-state index contributed by atoms with van der Waals surface area (Å²) in [6.45, 7) is 3.68. The van der Waals surface area contributed by atoms with Gasteiger partial charge in [0.1, 0.15) is 0 Å². The van der Waals surface area contributed by atoms with Crippen LogP contribution in [0.3, 0.4) is 0 Å². The highest BCUT2D eigenvalue weighted by Gasteiger charge is 2.20. The molecule has 0 bridgehead atoms. The second-order valence-corrected chi connectivity index (χ2v) is 6.81. The number of likely N-dealkylation sites (tertiary alicyclic amines) is 1. The van der Waals surface area contributed by atoms with Crippen LogP contribution < -0.4 is 14.2 Å². The third-order valence-corrected chi connectivity index (χ3v) is 4.99. The molecule has 1 saturated heterocycles. The maximum absolute atomic E-state index is 6.16. The molecule has 1 aliphatic rings. The Kier molecular flexibility index (Phi) is 6.96. The fourth-order valence-corrected chi connectivity index (χ4v) is 3.51. The minimum atomic E-state index is 0.288. The Hall–Kier alpha value is -2.24. The van der Waals surface area contributed by atoms with E-state index in [9.17, 15) is 0 Å². The first-order valence-electron chi connectivity index (χ1n) is 9.40. The van der Waals surface area contributed by atoms with Crippen molar-refractivity contribution in [1.29, 1.82) is 0 Å². The fourth-order valence-electron chi connectivity index (χ4n) is 3.51. The van der Waals surface area contributed by atoms with Gasteiger partial charge < -0.3 is 18.9 Å². The molecule has 0 aliphatic carbocycles. The van der Waals surface area contributed by atoms with Crippen LogP contribution in [0.4, 0.5) is 0 Å². The zero-order valence-corrected chi connectivity index (χ0v) is 16.4. The monoisotopic (exact) mass is 371 g/mol. The lowest BCUT2D eigenvalue weighted by Crippen LogP contribution is -2.36. The molecule has 5 heteroatoms. The summed E-state index contributed by atoms with van der Waals surface area (Å²) >= 11 is 0. The first-order chi connectivity index (χ1) is 13.2. The van der Waals surface area contributed by atoms with E-state index in [4.69, 9.17) is 18.9 Å². The summed E-state index contributed by atoms with van der Waals surface area (Å²) < 4.78 is 22.4. The van der Waals surface area contributed by atoms with Crippen LogP contribution in [0.2, 0.25) is 0 Å². The topological polar surface area (TPSA) is 40.2 Å². The van der Waals surface area contributed by atoms with E-state index >= 15 is 0 Å². The molecule has 1 fully saturated rings. The maximum Gasteiger partial charge on any atom is 0.203 e. The van der Waals surface area contributed by atoms with Gasteiger partial charge in [-0.1, -0.05) is 30.3 Å². The molecule has 0 aromatic heterocycles. The van der Waals surface area contributed by atoms with E-state index in [1.165, 1.54) is 5.56 Å². The Morgan fingerprint density at radius 2 is 1.48 bits per heavy atom.